The van der Waals surface area contributed by atoms with E-state index in [9.17, 15) is 8.42 Å². The highest BCUT2D eigenvalue weighted by molar-refractivity contribution is 9.09. The van der Waals surface area contributed by atoms with Crippen LogP contribution in [0.25, 0.3) is 0 Å². The SMILES string of the molecule is CC1CCC(CBr)(NS(=O)(=O)c2ccc(Cl)s2)CC1. The van der Waals surface area contributed by atoms with Gasteiger partial charge in [0.15, 0.2) is 0 Å². The van der Waals surface area contributed by atoms with Crippen molar-refractivity contribution >= 4 is 48.9 Å². The summed E-state index contributed by atoms with van der Waals surface area (Å²) in [4.78, 5) is 0. The molecule has 0 aliphatic heterocycles. The lowest BCUT2D eigenvalue weighted by molar-refractivity contribution is 0.250. The Morgan fingerprint density at radius 3 is 2.58 bits per heavy atom. The highest BCUT2D eigenvalue weighted by atomic mass is 79.9. The van der Waals surface area contributed by atoms with Gasteiger partial charge in [-0.25, -0.2) is 13.1 Å². The van der Waals surface area contributed by atoms with Gasteiger partial charge >= 0.3 is 0 Å². The highest BCUT2D eigenvalue weighted by Gasteiger charge is 2.37. The fourth-order valence-electron chi connectivity index (χ4n) is 2.36. The van der Waals surface area contributed by atoms with Crippen LogP contribution in [0.5, 0.6) is 0 Å². The molecule has 0 radical (unpaired) electrons. The van der Waals surface area contributed by atoms with E-state index in [1.165, 1.54) is 0 Å². The zero-order valence-electron chi connectivity index (χ0n) is 10.7. The van der Waals surface area contributed by atoms with Gasteiger partial charge in [0.05, 0.1) is 4.34 Å². The quantitative estimate of drug-likeness (QED) is 0.794. The number of rotatable bonds is 4. The summed E-state index contributed by atoms with van der Waals surface area (Å²) in [6.45, 7) is 2.21. The number of thiophene rings is 1. The number of alkyl halides is 1. The summed E-state index contributed by atoms with van der Waals surface area (Å²) in [5.41, 5.74) is -0.359. The van der Waals surface area contributed by atoms with Gasteiger partial charge in [-0.2, -0.15) is 0 Å². The number of hydrogen-bond donors (Lipinski definition) is 1. The second kappa shape index (κ2) is 6.02. The summed E-state index contributed by atoms with van der Waals surface area (Å²) in [5, 5.41) is 0.644. The minimum Gasteiger partial charge on any atom is -0.206 e. The maximum absolute atomic E-state index is 12.4. The van der Waals surface area contributed by atoms with Crippen LogP contribution < -0.4 is 4.72 Å². The maximum Gasteiger partial charge on any atom is 0.250 e. The van der Waals surface area contributed by atoms with Gasteiger partial charge in [0.2, 0.25) is 0 Å². The third-order valence-electron chi connectivity index (χ3n) is 3.65. The summed E-state index contributed by atoms with van der Waals surface area (Å²) in [6.07, 6.45) is 3.86. The first kappa shape index (κ1) is 15.8. The Morgan fingerprint density at radius 2 is 2.11 bits per heavy atom. The normalized spacial score (nSPS) is 28.5. The smallest absolute Gasteiger partial charge is 0.206 e. The average molecular weight is 387 g/mol. The lowest BCUT2D eigenvalue weighted by Crippen LogP contribution is -2.51. The monoisotopic (exact) mass is 385 g/mol. The molecular weight excluding hydrogens is 370 g/mol. The van der Waals surface area contributed by atoms with Gasteiger partial charge in [0, 0.05) is 10.9 Å². The lowest BCUT2D eigenvalue weighted by atomic mass is 9.79. The summed E-state index contributed by atoms with van der Waals surface area (Å²) in [6, 6.07) is 3.17. The van der Waals surface area contributed by atoms with Crippen LogP contribution >= 0.6 is 38.9 Å². The van der Waals surface area contributed by atoms with Crippen LogP contribution in [-0.2, 0) is 10.0 Å². The second-order valence-corrected chi connectivity index (χ2v) is 9.45. The van der Waals surface area contributed by atoms with Gasteiger partial charge < -0.3 is 0 Å². The summed E-state index contributed by atoms with van der Waals surface area (Å²) in [5.74, 6) is 0.674. The molecule has 1 fully saturated rings. The molecule has 7 heteroatoms. The standard InChI is InChI=1S/C12H17BrClNO2S2/c1-9-4-6-12(8-13,7-5-9)15-19(16,17)11-3-2-10(14)18-11/h2-3,9,15H,4-8H2,1H3. The molecule has 1 heterocycles. The first-order valence-corrected chi connectivity index (χ1v) is 10.0. The van der Waals surface area contributed by atoms with Crippen molar-refractivity contribution in [3.8, 4) is 0 Å². The molecule has 3 nitrogen and oxygen atoms in total. The number of halogens is 2. The molecule has 0 aromatic carbocycles. The highest BCUT2D eigenvalue weighted by Crippen LogP contribution is 2.35. The summed E-state index contributed by atoms with van der Waals surface area (Å²) < 4.78 is 28.4. The van der Waals surface area contributed by atoms with Crippen LogP contribution in [0.2, 0.25) is 4.34 Å². The van der Waals surface area contributed by atoms with Crippen molar-refractivity contribution < 1.29 is 8.42 Å². The molecule has 0 unspecified atom stereocenters. The van der Waals surface area contributed by atoms with Crippen LogP contribution in [0.1, 0.15) is 32.6 Å². The van der Waals surface area contributed by atoms with Crippen LogP contribution in [0.3, 0.4) is 0 Å². The molecule has 0 saturated heterocycles. The molecule has 0 bridgehead atoms. The first-order valence-electron chi connectivity index (χ1n) is 6.22. The van der Waals surface area contributed by atoms with Crippen molar-refractivity contribution in [1.29, 1.82) is 0 Å². The molecule has 1 aliphatic carbocycles. The van der Waals surface area contributed by atoms with Crippen molar-refractivity contribution in [3.63, 3.8) is 0 Å². The molecule has 1 aromatic heterocycles. The topological polar surface area (TPSA) is 46.2 Å². The zero-order valence-corrected chi connectivity index (χ0v) is 14.6. The number of nitrogens with one attached hydrogen (secondary N) is 1. The Bertz CT molecular complexity index is 536. The maximum atomic E-state index is 12.4. The van der Waals surface area contributed by atoms with E-state index < -0.39 is 10.0 Å². The number of hydrogen-bond acceptors (Lipinski definition) is 3. The first-order chi connectivity index (χ1) is 8.87. The van der Waals surface area contributed by atoms with Crippen molar-refractivity contribution in [2.45, 2.75) is 42.4 Å². The number of sulfonamides is 1. The van der Waals surface area contributed by atoms with E-state index in [4.69, 9.17) is 11.6 Å². The van der Waals surface area contributed by atoms with E-state index >= 15 is 0 Å². The van der Waals surface area contributed by atoms with Crippen LogP contribution in [0.15, 0.2) is 16.3 Å². The second-order valence-electron chi connectivity index (χ2n) is 5.26. The van der Waals surface area contributed by atoms with Crippen molar-refractivity contribution in [2.75, 3.05) is 5.33 Å². The molecule has 1 N–H and O–H groups in total. The fraction of sp³-hybridized carbons (Fsp3) is 0.667. The van der Waals surface area contributed by atoms with E-state index in [1.807, 2.05) is 0 Å². The van der Waals surface area contributed by atoms with Gasteiger partial charge in [-0.15, -0.1) is 11.3 Å². The fourth-order valence-corrected chi connectivity index (χ4v) is 6.18. The Balaban J connectivity index is 2.18. The van der Waals surface area contributed by atoms with E-state index in [0.717, 1.165) is 37.0 Å². The van der Waals surface area contributed by atoms with Gasteiger partial charge in [0.25, 0.3) is 10.0 Å². The average Bonchev–Trinajstić information content (AvgIpc) is 2.80. The zero-order chi connectivity index (χ0) is 14.1. The van der Waals surface area contributed by atoms with E-state index in [1.54, 1.807) is 12.1 Å². The lowest BCUT2D eigenvalue weighted by Gasteiger charge is -2.38. The Morgan fingerprint density at radius 1 is 1.47 bits per heavy atom. The summed E-state index contributed by atoms with van der Waals surface area (Å²) >= 11 is 10.4. The van der Waals surface area contributed by atoms with Gasteiger partial charge in [-0.3, -0.25) is 0 Å². The van der Waals surface area contributed by atoms with Gasteiger partial charge in [-0.05, 0) is 43.7 Å². The van der Waals surface area contributed by atoms with Crippen molar-refractivity contribution in [1.82, 2.24) is 4.72 Å². The predicted molar refractivity (Wildman–Crippen MR) is 83.8 cm³/mol. The molecule has 2 rings (SSSR count). The molecule has 0 amide bonds. The molecule has 1 saturated carbocycles. The molecule has 1 aliphatic rings. The molecule has 0 atom stereocenters. The van der Waals surface area contributed by atoms with Crippen molar-refractivity contribution in [2.24, 2.45) is 5.92 Å². The Labute approximate surface area is 131 Å². The molecule has 1 aromatic rings. The third-order valence-corrected chi connectivity index (χ3v) is 8.03. The Hall–Kier alpha value is 0.380. The van der Waals surface area contributed by atoms with Crippen LogP contribution in [-0.4, -0.2) is 19.3 Å². The summed E-state index contributed by atoms with van der Waals surface area (Å²) in [7, 11) is -3.47. The van der Waals surface area contributed by atoms with Crippen LogP contribution in [0, 0.1) is 5.92 Å². The molecule has 108 valence electrons. The molecule has 19 heavy (non-hydrogen) atoms. The third kappa shape index (κ3) is 3.73. The predicted octanol–water partition coefficient (Wildman–Crippen LogP) is 4.02. The van der Waals surface area contributed by atoms with Gasteiger partial charge in [0.1, 0.15) is 4.21 Å². The minimum atomic E-state index is -3.47. The largest absolute Gasteiger partial charge is 0.250 e. The van der Waals surface area contributed by atoms with Crippen LogP contribution in [0.4, 0.5) is 0 Å². The van der Waals surface area contributed by atoms with E-state index in [-0.39, 0.29) is 9.75 Å². The molecule has 0 spiro atoms. The van der Waals surface area contributed by atoms with E-state index in [0.29, 0.717) is 15.6 Å². The van der Waals surface area contributed by atoms with Gasteiger partial charge in [-0.1, -0.05) is 34.5 Å². The Kier molecular flexibility index (Phi) is 4.99. The molecular formula is C12H17BrClNO2S2. The minimum absolute atomic E-state index is 0.288. The van der Waals surface area contributed by atoms with Crippen molar-refractivity contribution in [3.05, 3.63) is 16.5 Å². The van der Waals surface area contributed by atoms with E-state index in [2.05, 4.69) is 27.6 Å².